The SMILES string of the molecule is Ic1cccc(-c2c3ccccc3c(-c3cccc(-n4c5ccccc5c5ccccc54)c3)c3ccccc23)c1. The van der Waals surface area contributed by atoms with Gasteiger partial charge in [-0.05, 0) is 103 Å². The van der Waals surface area contributed by atoms with Crippen molar-refractivity contribution in [1.29, 1.82) is 0 Å². The highest BCUT2D eigenvalue weighted by molar-refractivity contribution is 14.1. The molecule has 0 fully saturated rings. The Labute approximate surface area is 246 Å². The second-order valence-electron chi connectivity index (χ2n) is 10.3. The molecule has 1 aromatic heterocycles. The van der Waals surface area contributed by atoms with E-state index in [4.69, 9.17) is 0 Å². The molecule has 1 heterocycles. The second-order valence-corrected chi connectivity index (χ2v) is 11.5. The molecule has 188 valence electrons. The Balaban J connectivity index is 1.45. The summed E-state index contributed by atoms with van der Waals surface area (Å²) in [5, 5.41) is 7.66. The molecule has 8 rings (SSSR count). The summed E-state index contributed by atoms with van der Waals surface area (Å²) in [6.45, 7) is 0. The number of para-hydroxylation sites is 2. The van der Waals surface area contributed by atoms with Gasteiger partial charge in [-0.2, -0.15) is 0 Å². The van der Waals surface area contributed by atoms with E-state index in [9.17, 15) is 0 Å². The van der Waals surface area contributed by atoms with Gasteiger partial charge in [0.25, 0.3) is 0 Å². The van der Waals surface area contributed by atoms with Gasteiger partial charge in [0.2, 0.25) is 0 Å². The summed E-state index contributed by atoms with van der Waals surface area (Å²) in [7, 11) is 0. The van der Waals surface area contributed by atoms with Gasteiger partial charge >= 0.3 is 0 Å². The fourth-order valence-electron chi connectivity index (χ4n) is 6.40. The first-order valence-corrected chi connectivity index (χ1v) is 14.6. The summed E-state index contributed by atoms with van der Waals surface area (Å²) < 4.78 is 3.64. The van der Waals surface area contributed by atoms with E-state index in [1.54, 1.807) is 0 Å². The summed E-state index contributed by atoms with van der Waals surface area (Å²) in [4.78, 5) is 0. The third-order valence-electron chi connectivity index (χ3n) is 8.02. The van der Waals surface area contributed by atoms with Gasteiger partial charge in [0.15, 0.2) is 0 Å². The minimum Gasteiger partial charge on any atom is -0.309 e. The van der Waals surface area contributed by atoms with Crippen LogP contribution in [-0.2, 0) is 0 Å². The maximum absolute atomic E-state index is 2.41. The van der Waals surface area contributed by atoms with Crippen molar-refractivity contribution >= 4 is 65.9 Å². The Kier molecular flexibility index (Phi) is 5.49. The molecule has 0 radical (unpaired) electrons. The molecule has 7 aromatic carbocycles. The third kappa shape index (κ3) is 3.60. The van der Waals surface area contributed by atoms with E-state index in [1.807, 2.05) is 0 Å². The van der Waals surface area contributed by atoms with Crippen LogP contribution in [0.25, 0.3) is 71.3 Å². The van der Waals surface area contributed by atoms with E-state index >= 15 is 0 Å². The topological polar surface area (TPSA) is 4.93 Å². The number of rotatable bonds is 3. The summed E-state index contributed by atoms with van der Waals surface area (Å²) >= 11 is 2.41. The summed E-state index contributed by atoms with van der Waals surface area (Å²) in [5.74, 6) is 0. The lowest BCUT2D eigenvalue weighted by Gasteiger charge is -2.18. The van der Waals surface area contributed by atoms with Crippen molar-refractivity contribution in [3.05, 3.63) is 149 Å². The molecule has 0 amide bonds. The van der Waals surface area contributed by atoms with Crippen LogP contribution in [-0.4, -0.2) is 4.57 Å². The highest BCUT2D eigenvalue weighted by Gasteiger charge is 2.18. The lowest BCUT2D eigenvalue weighted by Crippen LogP contribution is -1.95. The molecule has 40 heavy (non-hydrogen) atoms. The molecule has 0 aliphatic heterocycles. The number of hydrogen-bond donors (Lipinski definition) is 0. The lowest BCUT2D eigenvalue weighted by molar-refractivity contribution is 1.18. The first-order chi connectivity index (χ1) is 19.8. The summed E-state index contributed by atoms with van der Waals surface area (Å²) in [6, 6.07) is 53.1. The molecule has 0 unspecified atom stereocenters. The van der Waals surface area contributed by atoms with Crippen molar-refractivity contribution in [2.45, 2.75) is 0 Å². The molecule has 0 spiro atoms. The normalized spacial score (nSPS) is 11.6. The number of benzene rings is 7. The van der Waals surface area contributed by atoms with Crippen LogP contribution < -0.4 is 0 Å². The number of aromatic nitrogens is 1. The van der Waals surface area contributed by atoms with Crippen molar-refractivity contribution in [2.75, 3.05) is 0 Å². The molecule has 2 heteroatoms. The van der Waals surface area contributed by atoms with Gasteiger partial charge in [-0.15, -0.1) is 0 Å². The molecule has 0 saturated heterocycles. The highest BCUT2D eigenvalue weighted by Crippen LogP contribution is 2.44. The molecule has 1 nitrogen and oxygen atoms in total. The van der Waals surface area contributed by atoms with Crippen LogP contribution in [0, 0.1) is 3.57 Å². The summed E-state index contributed by atoms with van der Waals surface area (Å²) in [5.41, 5.74) is 8.68. The van der Waals surface area contributed by atoms with Crippen molar-refractivity contribution in [1.82, 2.24) is 4.57 Å². The molecule has 0 bridgehead atoms. The van der Waals surface area contributed by atoms with Crippen LogP contribution in [0.2, 0.25) is 0 Å². The Morgan fingerprint density at radius 1 is 0.375 bits per heavy atom. The van der Waals surface area contributed by atoms with Crippen LogP contribution in [0.4, 0.5) is 0 Å². The van der Waals surface area contributed by atoms with Gasteiger partial charge < -0.3 is 4.57 Å². The predicted octanol–water partition coefficient (Wildman–Crippen LogP) is 11.0. The van der Waals surface area contributed by atoms with Gasteiger partial charge in [0, 0.05) is 20.0 Å². The smallest absolute Gasteiger partial charge is 0.0541 e. The maximum Gasteiger partial charge on any atom is 0.0541 e. The molecule has 8 aromatic rings. The largest absolute Gasteiger partial charge is 0.309 e. The second kappa shape index (κ2) is 9.35. The van der Waals surface area contributed by atoms with Crippen LogP contribution in [0.15, 0.2) is 146 Å². The maximum atomic E-state index is 2.41. The monoisotopic (exact) mass is 621 g/mol. The summed E-state index contributed by atoms with van der Waals surface area (Å²) in [6.07, 6.45) is 0. The molecular weight excluding hydrogens is 597 g/mol. The highest BCUT2D eigenvalue weighted by atomic mass is 127. The number of halogens is 1. The zero-order valence-corrected chi connectivity index (χ0v) is 23.8. The molecule has 0 aliphatic rings. The molecular formula is C38H24IN. The van der Waals surface area contributed by atoms with Crippen LogP contribution >= 0.6 is 22.6 Å². The van der Waals surface area contributed by atoms with Gasteiger partial charge in [0.1, 0.15) is 0 Å². The zero-order chi connectivity index (χ0) is 26.6. The number of fused-ring (bicyclic) bond motifs is 5. The van der Waals surface area contributed by atoms with Gasteiger partial charge in [-0.25, -0.2) is 0 Å². The van der Waals surface area contributed by atoms with Crippen LogP contribution in [0.5, 0.6) is 0 Å². The predicted molar refractivity (Wildman–Crippen MR) is 179 cm³/mol. The van der Waals surface area contributed by atoms with Crippen molar-refractivity contribution < 1.29 is 0 Å². The third-order valence-corrected chi connectivity index (χ3v) is 8.69. The Hall–Kier alpha value is -4.41. The first-order valence-electron chi connectivity index (χ1n) is 13.6. The minimum atomic E-state index is 1.17. The number of nitrogens with zero attached hydrogens (tertiary/aromatic N) is 1. The van der Waals surface area contributed by atoms with E-state index in [2.05, 4.69) is 173 Å². The van der Waals surface area contributed by atoms with Crippen molar-refractivity contribution in [3.8, 4) is 27.9 Å². The van der Waals surface area contributed by atoms with E-state index in [-0.39, 0.29) is 0 Å². The van der Waals surface area contributed by atoms with Crippen molar-refractivity contribution in [2.24, 2.45) is 0 Å². The van der Waals surface area contributed by atoms with E-state index in [0.717, 1.165) is 0 Å². The minimum absolute atomic E-state index is 1.17. The Morgan fingerprint density at radius 2 is 0.800 bits per heavy atom. The molecule has 0 aliphatic carbocycles. The Bertz CT molecular complexity index is 2130. The fourth-order valence-corrected chi connectivity index (χ4v) is 6.94. The van der Waals surface area contributed by atoms with Gasteiger partial charge in [-0.1, -0.05) is 109 Å². The lowest BCUT2D eigenvalue weighted by atomic mass is 9.86. The standard InChI is InChI=1S/C38H24IN/c39-27-13-9-11-25(23-27)37-31-17-1-3-19-33(31)38(34-20-4-2-18-32(34)37)26-12-10-14-28(24-26)40-35-21-7-5-15-29(35)30-16-6-8-22-36(30)40/h1-24H. The van der Waals surface area contributed by atoms with Crippen LogP contribution in [0.1, 0.15) is 0 Å². The zero-order valence-electron chi connectivity index (χ0n) is 21.7. The average Bonchev–Trinajstić information content (AvgIpc) is 3.34. The van der Waals surface area contributed by atoms with Gasteiger partial charge in [-0.3, -0.25) is 0 Å². The number of hydrogen-bond acceptors (Lipinski definition) is 0. The van der Waals surface area contributed by atoms with E-state index < -0.39 is 0 Å². The Morgan fingerprint density at radius 3 is 1.30 bits per heavy atom. The van der Waals surface area contributed by atoms with Crippen molar-refractivity contribution in [3.63, 3.8) is 0 Å². The molecule has 0 atom stereocenters. The van der Waals surface area contributed by atoms with E-state index in [1.165, 1.54) is 74.9 Å². The first kappa shape index (κ1) is 23.5. The van der Waals surface area contributed by atoms with Crippen LogP contribution in [0.3, 0.4) is 0 Å². The fraction of sp³-hybridized carbons (Fsp3) is 0. The molecule has 0 N–H and O–H groups in total. The molecule has 0 saturated carbocycles. The quantitative estimate of drug-likeness (QED) is 0.137. The van der Waals surface area contributed by atoms with E-state index in [0.29, 0.717) is 0 Å². The van der Waals surface area contributed by atoms with Gasteiger partial charge in [0.05, 0.1) is 11.0 Å². The average molecular weight is 622 g/mol.